The second kappa shape index (κ2) is 12.5. The average molecular weight is 580 g/mol. The first-order chi connectivity index (χ1) is 20.2. The highest BCUT2D eigenvalue weighted by molar-refractivity contribution is 6.37. The standard InChI is InChI=1S/C37H38ClNO3/c1-5-23(3)31(37(41)42)20-24(6-2)14-19-30-33-21-32(34(38)22-35(33)39(4)36(30)40)27-17-15-26(16-18-27)29-13-8-7-12-28(29)25-10-9-11-25/h6-8,12-13,15-23,25H,5,9-11,14H2,1-4H3,(H,41,42)/b24-6-,30-19-,31-20+. The minimum absolute atomic E-state index is 0.0622. The van der Waals surface area contributed by atoms with Crippen LogP contribution in [0.5, 0.6) is 0 Å². The molecule has 1 atom stereocenters. The molecule has 1 amide bonds. The number of hydrogen-bond acceptors (Lipinski definition) is 2. The molecule has 1 unspecified atom stereocenters. The Kier molecular flexibility index (Phi) is 8.84. The van der Waals surface area contributed by atoms with Crippen molar-refractivity contribution in [2.45, 2.75) is 58.8 Å². The van der Waals surface area contributed by atoms with Crippen molar-refractivity contribution in [3.63, 3.8) is 0 Å². The predicted octanol–water partition coefficient (Wildman–Crippen LogP) is 9.69. The van der Waals surface area contributed by atoms with Gasteiger partial charge in [-0.3, -0.25) is 4.79 Å². The number of amides is 1. The molecule has 1 saturated carbocycles. The van der Waals surface area contributed by atoms with E-state index in [1.54, 1.807) is 18.0 Å². The quantitative estimate of drug-likeness (QED) is 0.203. The highest BCUT2D eigenvalue weighted by Crippen LogP contribution is 2.44. The molecule has 0 saturated heterocycles. The van der Waals surface area contributed by atoms with Crippen LogP contribution in [0.2, 0.25) is 5.02 Å². The van der Waals surface area contributed by atoms with E-state index in [2.05, 4.69) is 48.5 Å². The molecule has 0 bridgehead atoms. The number of fused-ring (bicyclic) bond motifs is 1. The van der Waals surface area contributed by atoms with E-state index < -0.39 is 5.97 Å². The molecule has 42 heavy (non-hydrogen) atoms. The lowest BCUT2D eigenvalue weighted by Crippen LogP contribution is -2.20. The summed E-state index contributed by atoms with van der Waals surface area (Å²) in [7, 11) is 1.76. The van der Waals surface area contributed by atoms with Crippen LogP contribution in [-0.2, 0) is 9.59 Å². The van der Waals surface area contributed by atoms with Crippen LogP contribution < -0.4 is 4.90 Å². The van der Waals surface area contributed by atoms with Gasteiger partial charge in [0.05, 0.1) is 10.7 Å². The third-order valence-electron chi connectivity index (χ3n) is 8.93. The van der Waals surface area contributed by atoms with Gasteiger partial charge in [-0.2, -0.15) is 0 Å². The number of carboxylic acids is 1. The van der Waals surface area contributed by atoms with E-state index in [1.165, 1.54) is 36.0 Å². The number of carboxylic acid groups (broad SMARTS) is 1. The summed E-state index contributed by atoms with van der Waals surface area (Å²) in [6.45, 7) is 5.79. The van der Waals surface area contributed by atoms with Crippen molar-refractivity contribution in [2.75, 3.05) is 11.9 Å². The molecule has 1 fully saturated rings. The second-order valence-corrected chi connectivity index (χ2v) is 11.8. The number of rotatable bonds is 9. The van der Waals surface area contributed by atoms with Gasteiger partial charge in [-0.05, 0) is 90.5 Å². The highest BCUT2D eigenvalue weighted by Gasteiger charge is 2.31. The maximum absolute atomic E-state index is 13.3. The number of likely N-dealkylation sites (N-methyl/N-ethyl adjacent to an activating group) is 1. The first-order valence-electron chi connectivity index (χ1n) is 14.8. The summed E-state index contributed by atoms with van der Waals surface area (Å²) >= 11 is 6.80. The number of carbonyl (C=O) groups is 2. The summed E-state index contributed by atoms with van der Waals surface area (Å²) in [5.41, 5.74) is 9.23. The van der Waals surface area contributed by atoms with Crippen LogP contribution in [0.4, 0.5) is 5.69 Å². The van der Waals surface area contributed by atoms with Crippen LogP contribution in [0.25, 0.3) is 27.8 Å². The molecule has 5 rings (SSSR count). The number of allylic oxidation sites excluding steroid dienone is 4. The van der Waals surface area contributed by atoms with E-state index in [0.29, 0.717) is 28.5 Å². The number of hydrogen-bond donors (Lipinski definition) is 1. The molecular formula is C37H38ClNO3. The van der Waals surface area contributed by atoms with E-state index in [0.717, 1.165) is 34.4 Å². The molecule has 1 heterocycles. The highest BCUT2D eigenvalue weighted by atomic mass is 35.5. The van der Waals surface area contributed by atoms with Gasteiger partial charge >= 0.3 is 5.97 Å². The maximum atomic E-state index is 13.3. The van der Waals surface area contributed by atoms with Crippen molar-refractivity contribution in [1.82, 2.24) is 0 Å². The summed E-state index contributed by atoms with van der Waals surface area (Å²) in [5, 5.41) is 10.3. The van der Waals surface area contributed by atoms with Gasteiger partial charge in [0.1, 0.15) is 0 Å². The van der Waals surface area contributed by atoms with Crippen molar-refractivity contribution in [3.05, 3.63) is 106 Å². The lowest BCUT2D eigenvalue weighted by atomic mass is 9.77. The number of halogens is 1. The van der Waals surface area contributed by atoms with Gasteiger partial charge in [0, 0.05) is 29.3 Å². The number of nitrogens with zero attached hydrogens (tertiary/aromatic N) is 1. The van der Waals surface area contributed by atoms with Gasteiger partial charge in [-0.15, -0.1) is 0 Å². The lowest BCUT2D eigenvalue weighted by molar-refractivity contribution is -0.133. The van der Waals surface area contributed by atoms with Gasteiger partial charge in [0.25, 0.3) is 5.91 Å². The molecular weight excluding hydrogens is 542 g/mol. The smallest absolute Gasteiger partial charge is 0.331 e. The minimum Gasteiger partial charge on any atom is -0.478 e. The Labute approximate surface area is 254 Å². The summed E-state index contributed by atoms with van der Waals surface area (Å²) in [4.78, 5) is 26.8. The summed E-state index contributed by atoms with van der Waals surface area (Å²) < 4.78 is 0. The molecule has 3 aromatic carbocycles. The first kappa shape index (κ1) is 29.6. The van der Waals surface area contributed by atoms with Crippen LogP contribution in [-0.4, -0.2) is 24.0 Å². The van der Waals surface area contributed by atoms with E-state index in [9.17, 15) is 14.7 Å². The van der Waals surface area contributed by atoms with Crippen LogP contribution in [0, 0.1) is 5.92 Å². The van der Waals surface area contributed by atoms with Gasteiger partial charge in [0.15, 0.2) is 0 Å². The van der Waals surface area contributed by atoms with Gasteiger partial charge in [-0.25, -0.2) is 4.79 Å². The normalized spacial score (nSPS) is 17.4. The largest absolute Gasteiger partial charge is 0.478 e. The predicted molar refractivity (Wildman–Crippen MR) is 174 cm³/mol. The molecule has 0 radical (unpaired) electrons. The van der Waals surface area contributed by atoms with Crippen molar-refractivity contribution in [2.24, 2.45) is 5.92 Å². The van der Waals surface area contributed by atoms with E-state index in [4.69, 9.17) is 11.6 Å². The van der Waals surface area contributed by atoms with Gasteiger partial charge in [0.2, 0.25) is 0 Å². The van der Waals surface area contributed by atoms with Crippen LogP contribution in [0.15, 0.2) is 90.0 Å². The Morgan fingerprint density at radius 3 is 2.31 bits per heavy atom. The minimum atomic E-state index is -0.907. The fraction of sp³-hybridized carbons (Fsp3) is 0.297. The van der Waals surface area contributed by atoms with Crippen LogP contribution in [0.3, 0.4) is 0 Å². The van der Waals surface area contributed by atoms with Crippen LogP contribution >= 0.6 is 11.6 Å². The zero-order valence-corrected chi connectivity index (χ0v) is 25.5. The Balaban J connectivity index is 1.47. The Morgan fingerprint density at radius 2 is 1.71 bits per heavy atom. The van der Waals surface area contributed by atoms with E-state index >= 15 is 0 Å². The number of carbonyl (C=O) groups excluding carboxylic acids is 1. The summed E-state index contributed by atoms with van der Waals surface area (Å²) in [6.07, 6.45) is 10.6. The third kappa shape index (κ3) is 5.73. The van der Waals surface area contributed by atoms with E-state index in [-0.39, 0.29) is 11.8 Å². The number of aliphatic carboxylic acids is 1. The molecule has 1 N–H and O–H groups in total. The first-order valence-corrected chi connectivity index (χ1v) is 15.2. The fourth-order valence-electron chi connectivity index (χ4n) is 5.86. The molecule has 5 heteroatoms. The van der Waals surface area contributed by atoms with E-state index in [1.807, 2.05) is 45.1 Å². The SMILES string of the molecule is C/C=C(\C=C(\C(=O)O)C(C)CC)C/C=C1\C(=O)N(C)c2cc(Cl)c(-c3ccc(-c4ccccc4C4CCC4)cc3)cc21. The van der Waals surface area contributed by atoms with Crippen LogP contribution in [0.1, 0.15) is 69.9 Å². The van der Waals surface area contributed by atoms with Crippen molar-refractivity contribution >= 4 is 34.7 Å². The van der Waals surface area contributed by atoms with Gasteiger partial charge < -0.3 is 10.0 Å². The second-order valence-electron chi connectivity index (χ2n) is 11.4. The molecule has 3 aromatic rings. The zero-order chi connectivity index (χ0) is 30.0. The topological polar surface area (TPSA) is 57.6 Å². The van der Waals surface area contributed by atoms with Crippen molar-refractivity contribution < 1.29 is 14.7 Å². The molecule has 2 aliphatic rings. The zero-order valence-electron chi connectivity index (χ0n) is 24.8. The molecule has 4 nitrogen and oxygen atoms in total. The maximum Gasteiger partial charge on any atom is 0.331 e. The van der Waals surface area contributed by atoms with Gasteiger partial charge in [-0.1, -0.05) is 92.6 Å². The average Bonchev–Trinajstić information content (AvgIpc) is 3.19. The number of anilines is 1. The summed E-state index contributed by atoms with van der Waals surface area (Å²) in [5.74, 6) is -0.417. The molecule has 0 spiro atoms. The third-order valence-corrected chi connectivity index (χ3v) is 9.24. The number of benzene rings is 3. The molecule has 1 aliphatic carbocycles. The molecule has 1 aliphatic heterocycles. The Bertz CT molecular complexity index is 1610. The lowest BCUT2D eigenvalue weighted by Gasteiger charge is -2.28. The monoisotopic (exact) mass is 579 g/mol. The van der Waals surface area contributed by atoms with Crippen molar-refractivity contribution in [3.8, 4) is 22.3 Å². The summed E-state index contributed by atoms with van der Waals surface area (Å²) in [6, 6.07) is 21.1. The molecule has 216 valence electrons. The fourth-order valence-corrected chi connectivity index (χ4v) is 6.13. The van der Waals surface area contributed by atoms with Crippen molar-refractivity contribution in [1.29, 1.82) is 0 Å². The Morgan fingerprint density at radius 1 is 1.05 bits per heavy atom. The molecule has 0 aromatic heterocycles. The Hall–Kier alpha value is -3.89.